The molecule has 0 radical (unpaired) electrons. The van der Waals surface area contributed by atoms with Crippen LogP contribution in [0.3, 0.4) is 0 Å². The molecule has 1 unspecified atom stereocenters. The molecular weight excluding hydrogens is 336 g/mol. The smallest absolute Gasteiger partial charge is 0.317 e. The zero-order valence-corrected chi connectivity index (χ0v) is 17.2. The predicted molar refractivity (Wildman–Crippen MR) is 108 cm³/mol. The lowest BCUT2D eigenvalue weighted by molar-refractivity contribution is 0.131. The molecule has 2 saturated heterocycles. The van der Waals surface area contributed by atoms with Crippen molar-refractivity contribution in [2.24, 2.45) is 17.8 Å². The van der Waals surface area contributed by atoms with Crippen molar-refractivity contribution in [2.75, 3.05) is 32.7 Å². The molecule has 5 nitrogen and oxygen atoms in total. The Morgan fingerprint density at radius 1 is 1.00 bits per heavy atom. The fourth-order valence-electron chi connectivity index (χ4n) is 5.10. The largest absolute Gasteiger partial charge is 0.338 e. The zero-order valence-electron chi connectivity index (χ0n) is 17.2. The second kappa shape index (κ2) is 10.3. The van der Waals surface area contributed by atoms with Gasteiger partial charge in [-0.15, -0.1) is 0 Å². The minimum absolute atomic E-state index is 0.125. The minimum Gasteiger partial charge on any atom is -0.338 e. The highest BCUT2D eigenvalue weighted by Crippen LogP contribution is 2.28. The molecule has 152 valence electrons. The third-order valence-electron chi connectivity index (χ3n) is 7.24. The highest BCUT2D eigenvalue weighted by atomic mass is 16.2. The van der Waals surface area contributed by atoms with Gasteiger partial charge < -0.3 is 15.1 Å². The first kappa shape index (κ1) is 20.5. The van der Waals surface area contributed by atoms with E-state index in [2.05, 4.69) is 23.2 Å². The first-order valence-electron chi connectivity index (χ1n) is 11.3. The molecule has 0 aromatic rings. The van der Waals surface area contributed by atoms with E-state index in [0.717, 1.165) is 70.1 Å². The van der Waals surface area contributed by atoms with Crippen molar-refractivity contribution < 1.29 is 4.79 Å². The van der Waals surface area contributed by atoms with Gasteiger partial charge in [-0.1, -0.05) is 6.42 Å². The molecule has 0 aromatic heterocycles. The van der Waals surface area contributed by atoms with Gasteiger partial charge in [0.2, 0.25) is 0 Å². The van der Waals surface area contributed by atoms with Crippen LogP contribution in [-0.4, -0.2) is 54.6 Å². The Hall–Kier alpha value is -1.28. The topological polar surface area (TPSA) is 59.4 Å². The van der Waals surface area contributed by atoms with E-state index in [1.807, 2.05) is 4.90 Å². The number of urea groups is 1. The summed E-state index contributed by atoms with van der Waals surface area (Å²) in [6.07, 6.45) is 11.9. The van der Waals surface area contributed by atoms with Crippen LogP contribution in [0, 0.1) is 29.1 Å². The fourth-order valence-corrected chi connectivity index (χ4v) is 5.10. The summed E-state index contributed by atoms with van der Waals surface area (Å²) in [5.74, 6) is 1.58. The van der Waals surface area contributed by atoms with Crippen molar-refractivity contribution in [3.63, 3.8) is 0 Å². The Kier molecular flexibility index (Phi) is 7.81. The van der Waals surface area contributed by atoms with Crippen molar-refractivity contribution in [3.05, 3.63) is 0 Å². The number of piperidine rings is 2. The average molecular weight is 375 g/mol. The summed E-state index contributed by atoms with van der Waals surface area (Å²) in [6.45, 7) is 7.49. The molecule has 3 rings (SSSR count). The van der Waals surface area contributed by atoms with E-state index in [1.165, 1.54) is 38.8 Å². The molecule has 2 amide bonds. The van der Waals surface area contributed by atoms with Gasteiger partial charge in [0, 0.05) is 31.6 Å². The predicted octanol–water partition coefficient (Wildman–Crippen LogP) is 4.00. The average Bonchev–Trinajstić information content (AvgIpc) is 2.72. The van der Waals surface area contributed by atoms with Gasteiger partial charge in [0.1, 0.15) is 0 Å². The van der Waals surface area contributed by atoms with Crippen LogP contribution in [0.25, 0.3) is 0 Å². The van der Waals surface area contributed by atoms with Crippen LogP contribution in [-0.2, 0) is 0 Å². The lowest BCUT2D eigenvalue weighted by Crippen LogP contribution is -2.46. The summed E-state index contributed by atoms with van der Waals surface area (Å²) < 4.78 is 0. The molecule has 0 aromatic carbocycles. The van der Waals surface area contributed by atoms with Gasteiger partial charge in [-0.2, -0.15) is 5.26 Å². The zero-order chi connectivity index (χ0) is 19.1. The number of carbonyl (C=O) groups excluding carboxylic acids is 1. The number of hydrogen-bond donors (Lipinski definition) is 1. The summed E-state index contributed by atoms with van der Waals surface area (Å²) in [6, 6.07) is 3.26. The Labute approximate surface area is 165 Å². The summed E-state index contributed by atoms with van der Waals surface area (Å²) in [5, 5.41) is 12.1. The highest BCUT2D eigenvalue weighted by molar-refractivity contribution is 5.74. The van der Waals surface area contributed by atoms with Gasteiger partial charge in [-0.3, -0.25) is 0 Å². The number of carbonyl (C=O) groups is 1. The van der Waals surface area contributed by atoms with Crippen LogP contribution in [0.2, 0.25) is 0 Å². The normalized spacial score (nSPS) is 30.7. The molecule has 3 fully saturated rings. The van der Waals surface area contributed by atoms with E-state index in [9.17, 15) is 4.79 Å². The van der Waals surface area contributed by atoms with E-state index in [1.54, 1.807) is 0 Å². The van der Waals surface area contributed by atoms with Gasteiger partial charge in [0.15, 0.2) is 0 Å². The first-order chi connectivity index (χ1) is 13.2. The van der Waals surface area contributed by atoms with Crippen molar-refractivity contribution in [1.29, 1.82) is 5.26 Å². The van der Waals surface area contributed by atoms with Crippen molar-refractivity contribution in [2.45, 2.75) is 77.2 Å². The van der Waals surface area contributed by atoms with E-state index in [0.29, 0.717) is 5.92 Å². The third-order valence-corrected chi connectivity index (χ3v) is 7.24. The summed E-state index contributed by atoms with van der Waals surface area (Å²) in [7, 11) is 0. The maximum atomic E-state index is 12.5. The van der Waals surface area contributed by atoms with Crippen LogP contribution < -0.4 is 5.32 Å². The van der Waals surface area contributed by atoms with Gasteiger partial charge in [-0.25, -0.2) is 4.79 Å². The molecule has 5 heteroatoms. The second-order valence-corrected chi connectivity index (χ2v) is 9.13. The molecule has 0 spiro atoms. The number of nitriles is 1. The molecule has 1 aliphatic carbocycles. The molecule has 2 aliphatic heterocycles. The number of nitrogens with zero attached hydrogens (tertiary/aromatic N) is 3. The highest BCUT2D eigenvalue weighted by Gasteiger charge is 2.26. The number of rotatable bonds is 5. The molecule has 3 aliphatic rings. The van der Waals surface area contributed by atoms with Crippen LogP contribution in [0.4, 0.5) is 4.79 Å². The Balaban J connectivity index is 1.29. The van der Waals surface area contributed by atoms with E-state index >= 15 is 0 Å². The SMILES string of the molecule is CC1CCCCN1CCC1CCN(C(=O)NCC2CCC(C#N)CC2)CC1. The molecule has 1 saturated carbocycles. The van der Waals surface area contributed by atoms with Gasteiger partial charge >= 0.3 is 6.03 Å². The first-order valence-corrected chi connectivity index (χ1v) is 11.3. The van der Waals surface area contributed by atoms with Crippen LogP contribution in [0.15, 0.2) is 0 Å². The van der Waals surface area contributed by atoms with E-state index in [-0.39, 0.29) is 11.9 Å². The molecule has 27 heavy (non-hydrogen) atoms. The molecule has 1 atom stereocenters. The molecule has 1 N–H and O–H groups in total. The van der Waals surface area contributed by atoms with Gasteiger partial charge in [0.25, 0.3) is 0 Å². The van der Waals surface area contributed by atoms with Crippen LogP contribution in [0.1, 0.15) is 71.1 Å². The van der Waals surface area contributed by atoms with Gasteiger partial charge in [0.05, 0.1) is 6.07 Å². The lowest BCUT2D eigenvalue weighted by Gasteiger charge is -2.36. The minimum atomic E-state index is 0.125. The second-order valence-electron chi connectivity index (χ2n) is 9.13. The Morgan fingerprint density at radius 3 is 2.41 bits per heavy atom. The van der Waals surface area contributed by atoms with Gasteiger partial charge in [-0.05, 0) is 89.6 Å². The summed E-state index contributed by atoms with van der Waals surface area (Å²) in [5.41, 5.74) is 0. The maximum Gasteiger partial charge on any atom is 0.317 e. The molecule has 2 heterocycles. The van der Waals surface area contributed by atoms with E-state index in [4.69, 9.17) is 5.26 Å². The number of amides is 2. The van der Waals surface area contributed by atoms with Crippen molar-refractivity contribution >= 4 is 6.03 Å². The number of hydrogen-bond acceptors (Lipinski definition) is 3. The van der Waals surface area contributed by atoms with Crippen LogP contribution in [0.5, 0.6) is 0 Å². The standard InChI is InChI=1S/C22H38N4O/c1-18-4-2-3-12-25(18)13-9-19-10-14-26(15-11-19)22(27)24-17-21-7-5-20(16-23)6-8-21/h18-21H,2-15,17H2,1H3,(H,24,27). The maximum absolute atomic E-state index is 12.5. The summed E-state index contributed by atoms with van der Waals surface area (Å²) >= 11 is 0. The van der Waals surface area contributed by atoms with Crippen LogP contribution >= 0.6 is 0 Å². The fraction of sp³-hybridized carbons (Fsp3) is 0.909. The van der Waals surface area contributed by atoms with Crippen molar-refractivity contribution in [3.8, 4) is 6.07 Å². The quantitative estimate of drug-likeness (QED) is 0.791. The Morgan fingerprint density at radius 2 is 1.74 bits per heavy atom. The third kappa shape index (κ3) is 6.10. The van der Waals surface area contributed by atoms with Crippen molar-refractivity contribution in [1.82, 2.24) is 15.1 Å². The van der Waals surface area contributed by atoms with E-state index < -0.39 is 0 Å². The summed E-state index contributed by atoms with van der Waals surface area (Å²) in [4.78, 5) is 17.2. The number of likely N-dealkylation sites (tertiary alicyclic amines) is 2. The molecule has 0 bridgehead atoms. The lowest BCUT2D eigenvalue weighted by atomic mass is 9.83. The Bertz CT molecular complexity index is 501. The molecular formula is C22H38N4O. The number of nitrogens with one attached hydrogen (secondary N) is 1. The monoisotopic (exact) mass is 374 g/mol.